The van der Waals surface area contributed by atoms with Crippen molar-refractivity contribution >= 4 is 33.3 Å². The molecule has 0 spiro atoms. The van der Waals surface area contributed by atoms with Gasteiger partial charge in [-0.15, -0.1) is 0 Å². The Balaban J connectivity index is 1.88. The Bertz CT molecular complexity index is 733. The summed E-state index contributed by atoms with van der Waals surface area (Å²) in [5, 5.41) is 2.96. The number of fused-ring (bicyclic) bond motifs is 1. The van der Waals surface area contributed by atoms with Gasteiger partial charge < -0.3 is 10.1 Å². The quantitative estimate of drug-likeness (QED) is 0.806. The molecule has 1 atom stereocenters. The lowest BCUT2D eigenvalue weighted by Crippen LogP contribution is -2.45. The van der Waals surface area contributed by atoms with E-state index in [2.05, 4.69) is 28.2 Å². The van der Waals surface area contributed by atoms with E-state index in [0.717, 1.165) is 33.6 Å². The number of ether oxygens (including phenoxy) is 1. The molecule has 0 bridgehead atoms. The third-order valence-electron chi connectivity index (χ3n) is 3.86. The van der Waals surface area contributed by atoms with E-state index >= 15 is 0 Å². The normalized spacial score (nSPS) is 16.5. The number of anilines is 2. The minimum absolute atomic E-state index is 0.0125. The first-order chi connectivity index (χ1) is 11.1. The van der Waals surface area contributed by atoms with Crippen LogP contribution in [0.5, 0.6) is 5.75 Å². The highest BCUT2D eigenvalue weighted by Gasteiger charge is 2.29. The molecule has 0 saturated heterocycles. The van der Waals surface area contributed by atoms with Crippen LogP contribution in [-0.4, -0.2) is 18.7 Å². The molecule has 2 aromatic rings. The zero-order valence-corrected chi connectivity index (χ0v) is 14.8. The van der Waals surface area contributed by atoms with Crippen molar-refractivity contribution in [2.75, 3.05) is 16.8 Å². The van der Waals surface area contributed by atoms with Crippen molar-refractivity contribution in [3.05, 3.63) is 52.5 Å². The van der Waals surface area contributed by atoms with Crippen molar-refractivity contribution < 1.29 is 9.53 Å². The molecule has 1 aliphatic heterocycles. The number of benzene rings is 2. The number of aryl methyl sites for hydroxylation is 1. The highest BCUT2D eigenvalue weighted by Crippen LogP contribution is 2.35. The summed E-state index contributed by atoms with van der Waals surface area (Å²) >= 11 is 3.42. The maximum absolute atomic E-state index is 12.8. The molecule has 1 N–H and O–H groups in total. The van der Waals surface area contributed by atoms with E-state index in [-0.39, 0.29) is 12.1 Å². The van der Waals surface area contributed by atoms with Gasteiger partial charge in [0.2, 0.25) is 0 Å². The van der Waals surface area contributed by atoms with Crippen LogP contribution >= 0.6 is 15.9 Å². The first-order valence-electron chi connectivity index (χ1n) is 7.68. The van der Waals surface area contributed by atoms with Gasteiger partial charge in [0.15, 0.2) is 0 Å². The van der Waals surface area contributed by atoms with E-state index in [1.807, 2.05) is 49.4 Å². The molecule has 3 rings (SSSR count). The van der Waals surface area contributed by atoms with Gasteiger partial charge in [0, 0.05) is 10.2 Å². The van der Waals surface area contributed by atoms with Crippen LogP contribution in [-0.2, 0) is 0 Å². The molecular weight excluding hydrogens is 356 g/mol. The average Bonchev–Trinajstić information content (AvgIpc) is 2.53. The number of nitrogens with zero attached hydrogens (tertiary/aromatic N) is 1. The summed E-state index contributed by atoms with van der Waals surface area (Å²) in [5.74, 6) is 0.762. The van der Waals surface area contributed by atoms with Gasteiger partial charge in [-0.2, -0.15) is 0 Å². The lowest BCUT2D eigenvalue weighted by Gasteiger charge is -2.34. The van der Waals surface area contributed by atoms with Gasteiger partial charge in [-0.05, 0) is 49.2 Å². The third kappa shape index (κ3) is 3.50. The van der Waals surface area contributed by atoms with Crippen LogP contribution in [0.3, 0.4) is 0 Å². The first kappa shape index (κ1) is 15.9. The molecular formula is C18H19BrN2O2. The number of amides is 2. The number of urea groups is 1. The number of carbonyl (C=O) groups excluding carboxylic acids is 1. The molecule has 1 heterocycles. The number of carbonyl (C=O) groups is 1. The fraction of sp³-hybridized carbons (Fsp3) is 0.278. The largest absolute Gasteiger partial charge is 0.486 e. The number of nitrogens with one attached hydrogen (secondary N) is 1. The number of halogens is 1. The molecule has 5 heteroatoms. The molecule has 0 aromatic heterocycles. The monoisotopic (exact) mass is 374 g/mol. The molecule has 4 nitrogen and oxygen atoms in total. The van der Waals surface area contributed by atoms with Crippen molar-refractivity contribution in [2.45, 2.75) is 26.4 Å². The number of rotatable bonds is 2. The summed E-state index contributed by atoms with van der Waals surface area (Å²) in [6.07, 6.45) is 0.868. The highest BCUT2D eigenvalue weighted by atomic mass is 79.9. The second-order valence-corrected chi connectivity index (χ2v) is 6.59. The van der Waals surface area contributed by atoms with E-state index < -0.39 is 0 Å². The summed E-state index contributed by atoms with van der Waals surface area (Å²) in [6, 6.07) is 13.4. The molecule has 2 amide bonds. The predicted molar refractivity (Wildman–Crippen MR) is 96.4 cm³/mol. The van der Waals surface area contributed by atoms with Crippen LogP contribution in [0.2, 0.25) is 0 Å². The molecule has 2 aromatic carbocycles. The maximum atomic E-state index is 12.8. The molecule has 0 fully saturated rings. The number of hydrogen-bond acceptors (Lipinski definition) is 2. The second-order valence-electron chi connectivity index (χ2n) is 5.67. The van der Waals surface area contributed by atoms with E-state index in [1.54, 1.807) is 4.90 Å². The van der Waals surface area contributed by atoms with Gasteiger partial charge in [0.05, 0.1) is 12.2 Å². The van der Waals surface area contributed by atoms with Crippen LogP contribution in [0.25, 0.3) is 0 Å². The predicted octanol–water partition coefficient (Wildman–Crippen LogP) is 4.97. The van der Waals surface area contributed by atoms with Crippen molar-refractivity contribution in [3.8, 4) is 5.75 Å². The average molecular weight is 375 g/mol. The van der Waals surface area contributed by atoms with Gasteiger partial charge >= 0.3 is 6.03 Å². The Morgan fingerprint density at radius 2 is 2.17 bits per heavy atom. The molecule has 0 aliphatic carbocycles. The fourth-order valence-electron chi connectivity index (χ4n) is 2.62. The Hall–Kier alpha value is -2.01. The highest BCUT2D eigenvalue weighted by molar-refractivity contribution is 9.10. The number of hydrogen-bond donors (Lipinski definition) is 1. The summed E-state index contributed by atoms with van der Waals surface area (Å²) in [4.78, 5) is 14.5. The first-order valence-corrected chi connectivity index (χ1v) is 8.47. The SMILES string of the molecule is CC[C@@H]1CN(C(=O)Nc2cccc(Br)c2)c2cc(C)ccc2O1. The molecule has 23 heavy (non-hydrogen) atoms. The topological polar surface area (TPSA) is 41.6 Å². The van der Waals surface area contributed by atoms with Crippen LogP contribution in [0.1, 0.15) is 18.9 Å². The summed E-state index contributed by atoms with van der Waals surface area (Å²) < 4.78 is 6.89. The molecule has 0 radical (unpaired) electrons. The summed E-state index contributed by atoms with van der Waals surface area (Å²) in [6.45, 7) is 4.62. The van der Waals surface area contributed by atoms with Crippen molar-refractivity contribution in [1.82, 2.24) is 0 Å². The Kier molecular flexibility index (Phi) is 4.57. The van der Waals surface area contributed by atoms with Gasteiger partial charge in [0.25, 0.3) is 0 Å². The zero-order chi connectivity index (χ0) is 16.4. The minimum Gasteiger partial charge on any atom is -0.486 e. The standard InChI is InChI=1S/C18H19BrN2O2/c1-3-15-11-21(16-9-12(2)7-8-17(16)23-15)18(22)20-14-6-4-5-13(19)10-14/h4-10,15H,3,11H2,1-2H3,(H,20,22)/t15-/m1/s1. The molecule has 0 unspecified atom stereocenters. The summed E-state index contributed by atoms with van der Waals surface area (Å²) in [7, 11) is 0. The van der Waals surface area contributed by atoms with Gasteiger partial charge in [0.1, 0.15) is 11.9 Å². The van der Waals surface area contributed by atoms with E-state index in [9.17, 15) is 4.79 Å². The van der Waals surface area contributed by atoms with E-state index in [4.69, 9.17) is 4.74 Å². The zero-order valence-electron chi connectivity index (χ0n) is 13.2. The van der Waals surface area contributed by atoms with Gasteiger partial charge in [-0.3, -0.25) is 4.90 Å². The van der Waals surface area contributed by atoms with Crippen LogP contribution < -0.4 is 15.0 Å². The van der Waals surface area contributed by atoms with E-state index in [0.29, 0.717) is 6.54 Å². The van der Waals surface area contributed by atoms with Crippen LogP contribution in [0, 0.1) is 6.92 Å². The van der Waals surface area contributed by atoms with Crippen LogP contribution in [0.4, 0.5) is 16.2 Å². The smallest absolute Gasteiger partial charge is 0.326 e. The minimum atomic E-state index is -0.142. The van der Waals surface area contributed by atoms with Crippen molar-refractivity contribution in [3.63, 3.8) is 0 Å². The second kappa shape index (κ2) is 6.62. The Labute approximate surface area is 144 Å². The Morgan fingerprint density at radius 1 is 1.35 bits per heavy atom. The lowest BCUT2D eigenvalue weighted by atomic mass is 10.1. The summed E-state index contributed by atoms with van der Waals surface area (Å²) in [5.41, 5.74) is 2.68. The molecule has 1 aliphatic rings. The van der Waals surface area contributed by atoms with Gasteiger partial charge in [-0.1, -0.05) is 35.0 Å². The molecule has 0 saturated carbocycles. The maximum Gasteiger partial charge on any atom is 0.326 e. The third-order valence-corrected chi connectivity index (χ3v) is 4.35. The lowest BCUT2D eigenvalue weighted by molar-refractivity contribution is 0.188. The van der Waals surface area contributed by atoms with Crippen molar-refractivity contribution in [2.24, 2.45) is 0 Å². The molecule has 120 valence electrons. The van der Waals surface area contributed by atoms with Crippen molar-refractivity contribution in [1.29, 1.82) is 0 Å². The Morgan fingerprint density at radius 3 is 2.91 bits per heavy atom. The van der Waals surface area contributed by atoms with Crippen LogP contribution in [0.15, 0.2) is 46.9 Å². The fourth-order valence-corrected chi connectivity index (χ4v) is 3.02. The van der Waals surface area contributed by atoms with E-state index in [1.165, 1.54) is 0 Å². The van der Waals surface area contributed by atoms with Gasteiger partial charge in [-0.25, -0.2) is 4.79 Å².